The van der Waals surface area contributed by atoms with Crippen LogP contribution in [-0.2, 0) is 35.3 Å². The average Bonchev–Trinajstić information content (AvgIpc) is 3.53. The number of Topliss-reactive ketones (excluding diaryl/α,β-unsaturated/α-hetero) is 1. The third kappa shape index (κ3) is 12.3. The lowest BCUT2D eigenvalue weighted by atomic mass is 9.52. The predicted molar refractivity (Wildman–Crippen MR) is 294 cm³/mol. The topological polar surface area (TPSA) is 198 Å². The lowest BCUT2D eigenvalue weighted by molar-refractivity contribution is -0.126. The van der Waals surface area contributed by atoms with E-state index in [1.807, 2.05) is 25.3 Å². The number of phenolic OH excluding ortho intramolecular Hbond substituents is 1. The number of dihydropyridines is 1. The molecule has 0 amide bonds. The van der Waals surface area contributed by atoms with Gasteiger partial charge in [0.05, 0.1) is 25.3 Å². The molecule has 13 atom stereocenters. The number of phenols is 1. The van der Waals surface area contributed by atoms with Gasteiger partial charge in [-0.1, -0.05) is 66.7 Å². The number of carbonyl (C=O) groups excluding carboxylic acids is 2. The Hall–Kier alpha value is -4.92. The van der Waals surface area contributed by atoms with Gasteiger partial charge >= 0.3 is 0 Å². The average molecular weight is 1020 g/mol. The first-order valence-corrected chi connectivity index (χ1v) is 28.5. The van der Waals surface area contributed by atoms with E-state index >= 15 is 0 Å². The van der Waals surface area contributed by atoms with E-state index in [0.29, 0.717) is 89.6 Å². The van der Waals surface area contributed by atoms with Crippen molar-refractivity contribution in [2.75, 3.05) is 39.6 Å². The minimum Gasteiger partial charge on any atom is -0.504 e. The van der Waals surface area contributed by atoms with E-state index in [1.54, 1.807) is 12.1 Å². The molecule has 8 aliphatic rings. The van der Waals surface area contributed by atoms with Crippen molar-refractivity contribution in [3.8, 4) is 11.5 Å². The molecule has 3 heterocycles. The van der Waals surface area contributed by atoms with Gasteiger partial charge in [-0.25, -0.2) is 0 Å². The van der Waals surface area contributed by atoms with Gasteiger partial charge in [0.15, 0.2) is 24.1 Å². The fraction of sp³-hybridized carbons (Fsp3) is 0.556. The smallest absolute Gasteiger partial charge is 0.186 e. The Morgan fingerprint density at radius 1 is 0.933 bits per heavy atom. The van der Waals surface area contributed by atoms with E-state index in [1.165, 1.54) is 42.0 Å². The molecule has 1 unspecified atom stereocenters. The summed E-state index contributed by atoms with van der Waals surface area (Å²) in [5.74, 6) is 3.54. The molecule has 75 heavy (non-hydrogen) atoms. The number of carbonyl (C=O) groups is 2. The molecule has 12 heteroatoms. The molecular weight excluding hydrogens is 939 g/mol. The monoisotopic (exact) mass is 1020 g/mol. The second-order valence-corrected chi connectivity index (χ2v) is 23.7. The number of piperidine rings is 1. The van der Waals surface area contributed by atoms with Gasteiger partial charge in [0, 0.05) is 37.8 Å². The number of aliphatic hydroxyl groups excluding tert-OH is 3. The SMILES string of the molecule is C[C@H](O)CN[C@H]1C[C@@H]2C[C@@H]3CC[C@H]1[C@@]2(C[C@@H]1[C@@H]2CCNC[C@@H]2C[C@@H]2C=CCN[C@@H]12)C[C@@H]3CC(=O)CC(=O)/C=C(\CO)c1cc(OCO)c(O)cc1CC1=CNC(N)C=C1CCc1cccc(CCc2ccccc2)c1. The van der Waals surface area contributed by atoms with E-state index in [-0.39, 0.29) is 47.0 Å². The van der Waals surface area contributed by atoms with E-state index in [4.69, 9.17) is 10.5 Å². The largest absolute Gasteiger partial charge is 0.504 e. The summed E-state index contributed by atoms with van der Waals surface area (Å²) in [4.78, 5) is 28.5. The zero-order valence-corrected chi connectivity index (χ0v) is 44.1. The van der Waals surface area contributed by atoms with Crippen molar-refractivity contribution < 1.29 is 34.8 Å². The van der Waals surface area contributed by atoms with Crippen LogP contribution < -0.4 is 31.7 Å². The van der Waals surface area contributed by atoms with Crippen LogP contribution in [0.5, 0.6) is 11.5 Å². The highest BCUT2D eigenvalue weighted by Gasteiger charge is 2.62. The van der Waals surface area contributed by atoms with Crippen LogP contribution in [0.3, 0.4) is 0 Å². The molecule has 402 valence electrons. The second-order valence-electron chi connectivity index (χ2n) is 23.7. The van der Waals surface area contributed by atoms with Gasteiger partial charge in [-0.05, 0) is 225 Å². The normalized spacial score (nSPS) is 31.3. The summed E-state index contributed by atoms with van der Waals surface area (Å²) >= 11 is 0. The van der Waals surface area contributed by atoms with E-state index < -0.39 is 19.5 Å². The van der Waals surface area contributed by atoms with E-state index in [2.05, 4.69) is 82.0 Å². The molecule has 5 aliphatic carbocycles. The van der Waals surface area contributed by atoms with Crippen molar-refractivity contribution in [3.63, 3.8) is 0 Å². The molecular formula is C63H83N5O7. The highest BCUT2D eigenvalue weighted by atomic mass is 16.6. The Morgan fingerprint density at radius 2 is 1.73 bits per heavy atom. The minimum absolute atomic E-state index is 0.0181. The highest BCUT2D eigenvalue weighted by molar-refractivity contribution is 6.07. The van der Waals surface area contributed by atoms with Crippen LogP contribution in [0.2, 0.25) is 0 Å². The third-order valence-corrected chi connectivity index (χ3v) is 19.1. The quantitative estimate of drug-likeness (QED) is 0.0212. The third-order valence-electron chi connectivity index (χ3n) is 19.1. The van der Waals surface area contributed by atoms with E-state index in [9.17, 15) is 30.0 Å². The van der Waals surface area contributed by atoms with Crippen molar-refractivity contribution in [1.82, 2.24) is 21.3 Å². The first-order valence-electron chi connectivity index (χ1n) is 28.5. The number of nitrogens with one attached hydrogen (secondary N) is 4. The Balaban J connectivity index is 0.846. The number of benzene rings is 3. The summed E-state index contributed by atoms with van der Waals surface area (Å²) < 4.78 is 5.42. The van der Waals surface area contributed by atoms with Gasteiger partial charge < -0.3 is 52.2 Å². The Labute approximate surface area is 444 Å². The van der Waals surface area contributed by atoms with Crippen LogP contribution in [0.1, 0.15) is 105 Å². The fourth-order valence-corrected chi connectivity index (χ4v) is 15.9. The molecule has 4 bridgehead atoms. The van der Waals surface area contributed by atoms with Gasteiger partial charge in [-0.2, -0.15) is 0 Å². The second kappa shape index (κ2) is 24.2. The Kier molecular flexibility index (Phi) is 17.2. The number of nitrogens with two attached hydrogens (primary N) is 1. The maximum absolute atomic E-state index is 14.4. The summed E-state index contributed by atoms with van der Waals surface area (Å²) in [6.07, 6.45) is 22.3. The number of aromatic hydroxyl groups is 1. The Bertz CT molecular complexity index is 2610. The molecule has 3 aromatic rings. The first-order chi connectivity index (χ1) is 36.5. The number of rotatable bonds is 22. The number of ketones is 2. The molecule has 11 rings (SSSR count). The minimum atomic E-state index is -0.677. The Morgan fingerprint density at radius 3 is 2.53 bits per heavy atom. The number of ether oxygens (including phenoxy) is 1. The molecule has 1 saturated heterocycles. The van der Waals surface area contributed by atoms with Crippen LogP contribution in [0.15, 0.2) is 108 Å². The number of allylic oxidation sites excluding steroid dienone is 3. The summed E-state index contributed by atoms with van der Waals surface area (Å²) in [5.41, 5.74) is 13.8. The summed E-state index contributed by atoms with van der Waals surface area (Å²) in [6, 6.07) is 23.2. The van der Waals surface area contributed by atoms with Crippen LogP contribution in [-0.4, -0.2) is 95.9 Å². The molecule has 0 spiro atoms. The maximum Gasteiger partial charge on any atom is 0.186 e. The molecule has 3 aromatic carbocycles. The van der Waals surface area contributed by atoms with Crippen molar-refractivity contribution in [2.45, 2.75) is 128 Å². The number of aryl methyl sites for hydroxylation is 3. The molecule has 10 N–H and O–H groups in total. The van der Waals surface area contributed by atoms with Gasteiger partial charge in [0.25, 0.3) is 0 Å². The van der Waals surface area contributed by atoms with Gasteiger partial charge in [-0.3, -0.25) is 9.59 Å². The van der Waals surface area contributed by atoms with Crippen molar-refractivity contribution in [3.05, 3.63) is 136 Å². The van der Waals surface area contributed by atoms with Gasteiger partial charge in [0.1, 0.15) is 5.78 Å². The molecule has 5 saturated carbocycles. The zero-order valence-electron chi connectivity index (χ0n) is 44.1. The lowest BCUT2D eigenvalue weighted by Crippen LogP contribution is -2.58. The number of fused-ring (bicyclic) bond motifs is 4. The van der Waals surface area contributed by atoms with Crippen molar-refractivity contribution in [1.29, 1.82) is 0 Å². The summed E-state index contributed by atoms with van der Waals surface area (Å²) in [7, 11) is 0. The first kappa shape index (κ1) is 53.5. The van der Waals surface area contributed by atoms with Crippen LogP contribution >= 0.6 is 0 Å². The van der Waals surface area contributed by atoms with Crippen molar-refractivity contribution in [2.24, 2.45) is 58.5 Å². The predicted octanol–water partition coefficient (Wildman–Crippen LogP) is 7.24. The standard InChI is InChI=1S/C63H83N5O7/c1-39(71)34-67-58-29-51-24-43-16-17-57(58)63(51,33-56-54-18-20-65-35-49(54)22-45-11-6-19-66-62(45)56)32-47(43)25-52(72)30-53(73)26-50(37-69)55-31-60(75-38-70)59(74)27-46(55)23-48-36-68-61(64)28-44(48)15-14-42-10-5-9-41(21-42)13-12-40-7-3-2-4-8-40/h2-11,21,26-28,31,36,39,43,45,47,49,51,54,56-58,61-62,65-71,74H,12-20,22-25,29-30,32-35,37-38,64H2,1H3/b50-26+/t39-,43-,45-,47-,49-,51-,54+,56+,57+,58-,61?,62+,63+/m0/s1. The van der Waals surface area contributed by atoms with Crippen LogP contribution in [0.4, 0.5) is 0 Å². The lowest BCUT2D eigenvalue weighted by Gasteiger charge is -2.55. The number of hydrogen-bond donors (Lipinski definition) is 9. The van der Waals surface area contributed by atoms with E-state index in [0.717, 1.165) is 88.6 Å². The van der Waals surface area contributed by atoms with Gasteiger partial charge in [0.2, 0.25) is 0 Å². The van der Waals surface area contributed by atoms with Crippen molar-refractivity contribution >= 4 is 17.1 Å². The maximum atomic E-state index is 14.4. The molecule has 6 fully saturated rings. The molecule has 0 aromatic heterocycles. The molecule has 0 radical (unpaired) electrons. The fourth-order valence-electron chi connectivity index (χ4n) is 15.9. The molecule has 3 aliphatic heterocycles. The highest BCUT2D eigenvalue weighted by Crippen LogP contribution is 2.67. The number of hydrogen-bond acceptors (Lipinski definition) is 12. The van der Waals surface area contributed by atoms with Crippen LogP contribution in [0, 0.1) is 52.8 Å². The zero-order chi connectivity index (χ0) is 52.1. The number of aliphatic hydroxyl groups is 3. The molecule has 12 nitrogen and oxygen atoms in total. The van der Waals surface area contributed by atoms with Gasteiger partial charge in [-0.15, -0.1) is 0 Å². The summed E-state index contributed by atoms with van der Waals surface area (Å²) in [5, 5.41) is 57.1. The summed E-state index contributed by atoms with van der Waals surface area (Å²) in [6.45, 7) is 4.38. The van der Waals surface area contributed by atoms with Crippen LogP contribution in [0.25, 0.3) is 5.57 Å².